The highest BCUT2D eigenvalue weighted by Crippen LogP contribution is 2.17. The molecule has 0 aliphatic rings. The first-order chi connectivity index (χ1) is 9.93. The zero-order valence-electron chi connectivity index (χ0n) is 12.5. The summed E-state index contributed by atoms with van der Waals surface area (Å²) >= 11 is 6.03. The van der Waals surface area contributed by atoms with Gasteiger partial charge in [-0.15, -0.1) is 0 Å². The van der Waals surface area contributed by atoms with Gasteiger partial charge in [0, 0.05) is 31.9 Å². The van der Waals surface area contributed by atoms with Gasteiger partial charge in [-0.25, -0.2) is 4.98 Å². The number of hydrogen-bond donors (Lipinski definition) is 2. The van der Waals surface area contributed by atoms with E-state index in [1.165, 1.54) is 0 Å². The molecule has 21 heavy (non-hydrogen) atoms. The lowest BCUT2D eigenvalue weighted by molar-refractivity contribution is 0.0946. The topological polar surface area (TPSA) is 71.8 Å². The van der Waals surface area contributed by atoms with Crippen molar-refractivity contribution in [2.45, 2.75) is 20.4 Å². The molecular formula is C14H18ClN5O. The average Bonchev–Trinajstić information content (AvgIpc) is 2.70. The molecular weight excluding hydrogens is 290 g/mol. The Morgan fingerprint density at radius 3 is 2.67 bits per heavy atom. The molecule has 2 N–H and O–H groups in total. The Hall–Kier alpha value is -2.08. The first kappa shape index (κ1) is 15.3. The summed E-state index contributed by atoms with van der Waals surface area (Å²) in [6, 6.07) is 3.37. The normalized spacial score (nSPS) is 10.5. The van der Waals surface area contributed by atoms with E-state index in [2.05, 4.69) is 20.7 Å². The van der Waals surface area contributed by atoms with Gasteiger partial charge in [-0.05, 0) is 26.0 Å². The van der Waals surface area contributed by atoms with E-state index in [-0.39, 0.29) is 11.6 Å². The van der Waals surface area contributed by atoms with Gasteiger partial charge in [0.2, 0.25) is 0 Å². The van der Waals surface area contributed by atoms with Gasteiger partial charge in [-0.1, -0.05) is 11.6 Å². The summed E-state index contributed by atoms with van der Waals surface area (Å²) in [5.74, 6) is 0.290. The number of aromatic nitrogens is 3. The second kappa shape index (κ2) is 6.13. The minimum atomic E-state index is -0.306. The fraction of sp³-hybridized carbons (Fsp3) is 0.357. The predicted octanol–water partition coefficient (Wildman–Crippen LogP) is 2.06. The molecule has 2 aromatic heterocycles. The second-order valence-corrected chi connectivity index (χ2v) is 5.14. The molecule has 7 heteroatoms. The molecule has 2 aromatic rings. The third-order valence-corrected chi connectivity index (χ3v) is 3.71. The van der Waals surface area contributed by atoms with Gasteiger partial charge in [0.1, 0.15) is 11.5 Å². The van der Waals surface area contributed by atoms with E-state index in [1.807, 2.05) is 20.9 Å². The van der Waals surface area contributed by atoms with E-state index in [9.17, 15) is 4.79 Å². The third-order valence-electron chi connectivity index (χ3n) is 3.40. The summed E-state index contributed by atoms with van der Waals surface area (Å²) in [6.45, 7) is 4.28. The lowest BCUT2D eigenvalue weighted by Gasteiger charge is -2.08. The second-order valence-electron chi connectivity index (χ2n) is 4.73. The molecule has 0 fully saturated rings. The Balaban J connectivity index is 2.15. The van der Waals surface area contributed by atoms with Crippen molar-refractivity contribution in [3.63, 3.8) is 0 Å². The number of nitrogens with one attached hydrogen (secondary N) is 2. The highest BCUT2D eigenvalue weighted by Gasteiger charge is 2.15. The fourth-order valence-corrected chi connectivity index (χ4v) is 2.26. The summed E-state index contributed by atoms with van der Waals surface area (Å²) in [6.07, 6.45) is 0. The van der Waals surface area contributed by atoms with Crippen LogP contribution in [0.25, 0.3) is 0 Å². The number of nitrogens with zero attached hydrogens (tertiary/aromatic N) is 3. The molecule has 1 amide bonds. The lowest BCUT2D eigenvalue weighted by Crippen LogP contribution is -2.25. The highest BCUT2D eigenvalue weighted by atomic mass is 35.5. The number of aryl methyl sites for hydroxylation is 2. The van der Waals surface area contributed by atoms with Crippen molar-refractivity contribution in [1.29, 1.82) is 0 Å². The van der Waals surface area contributed by atoms with Crippen LogP contribution in [-0.2, 0) is 13.6 Å². The van der Waals surface area contributed by atoms with Crippen LogP contribution in [0.15, 0.2) is 12.1 Å². The fourth-order valence-electron chi connectivity index (χ4n) is 2.07. The molecule has 0 bridgehead atoms. The Labute approximate surface area is 128 Å². The van der Waals surface area contributed by atoms with Crippen molar-refractivity contribution in [3.05, 3.63) is 39.8 Å². The van der Waals surface area contributed by atoms with Gasteiger partial charge < -0.3 is 10.6 Å². The third kappa shape index (κ3) is 3.16. The number of carbonyl (C=O) groups is 1. The Morgan fingerprint density at radius 1 is 1.38 bits per heavy atom. The molecule has 0 aliphatic heterocycles. The number of carbonyl (C=O) groups excluding carboxylic acids is 1. The molecule has 0 atom stereocenters. The van der Waals surface area contributed by atoms with Crippen LogP contribution >= 0.6 is 11.6 Å². The number of hydrogen-bond acceptors (Lipinski definition) is 4. The van der Waals surface area contributed by atoms with E-state index in [0.717, 1.165) is 17.0 Å². The molecule has 2 rings (SSSR count). The average molecular weight is 308 g/mol. The zero-order valence-corrected chi connectivity index (χ0v) is 13.2. The molecule has 112 valence electrons. The van der Waals surface area contributed by atoms with E-state index >= 15 is 0 Å². The van der Waals surface area contributed by atoms with Crippen LogP contribution in [0.4, 0.5) is 5.82 Å². The maximum atomic E-state index is 12.2. The molecule has 0 saturated heterocycles. The van der Waals surface area contributed by atoms with Crippen LogP contribution in [0.1, 0.15) is 27.4 Å². The summed E-state index contributed by atoms with van der Waals surface area (Å²) in [7, 11) is 3.61. The van der Waals surface area contributed by atoms with Gasteiger partial charge >= 0.3 is 0 Å². The molecule has 0 unspecified atom stereocenters. The SMILES string of the molecule is CNc1ccc(Cl)c(C(=O)NCc2c(C)nn(C)c2C)n1. The summed E-state index contributed by atoms with van der Waals surface area (Å²) < 4.78 is 1.80. The standard InChI is InChI=1S/C14H18ClN5O/c1-8-10(9(2)20(4)19-8)7-17-14(21)13-11(15)5-6-12(16-3)18-13/h5-6H,7H2,1-4H3,(H,16,18)(H,17,21). The first-order valence-electron chi connectivity index (χ1n) is 6.55. The van der Waals surface area contributed by atoms with Crippen molar-refractivity contribution in [2.24, 2.45) is 7.05 Å². The molecule has 0 aliphatic carbocycles. The van der Waals surface area contributed by atoms with Crippen LogP contribution in [0.2, 0.25) is 5.02 Å². The minimum Gasteiger partial charge on any atom is -0.373 e. The van der Waals surface area contributed by atoms with Gasteiger partial charge in [0.05, 0.1) is 10.7 Å². The number of rotatable bonds is 4. The van der Waals surface area contributed by atoms with E-state index in [0.29, 0.717) is 17.4 Å². The quantitative estimate of drug-likeness (QED) is 0.907. The van der Waals surface area contributed by atoms with E-state index < -0.39 is 0 Å². The maximum absolute atomic E-state index is 12.2. The van der Waals surface area contributed by atoms with Gasteiger partial charge in [0.15, 0.2) is 0 Å². The van der Waals surface area contributed by atoms with Crippen molar-refractivity contribution < 1.29 is 4.79 Å². The summed E-state index contributed by atoms with van der Waals surface area (Å²) in [4.78, 5) is 16.4. The van der Waals surface area contributed by atoms with Gasteiger partial charge in [0.25, 0.3) is 5.91 Å². The van der Waals surface area contributed by atoms with Crippen LogP contribution in [0.3, 0.4) is 0 Å². The lowest BCUT2D eigenvalue weighted by atomic mass is 10.2. The van der Waals surface area contributed by atoms with Crippen molar-refractivity contribution in [3.8, 4) is 0 Å². The van der Waals surface area contributed by atoms with Crippen LogP contribution in [0, 0.1) is 13.8 Å². The molecule has 0 saturated carbocycles. The number of pyridine rings is 1. The van der Waals surface area contributed by atoms with Crippen molar-refractivity contribution >= 4 is 23.3 Å². The number of anilines is 1. The molecule has 0 spiro atoms. The minimum absolute atomic E-state index is 0.211. The largest absolute Gasteiger partial charge is 0.373 e. The molecule has 0 radical (unpaired) electrons. The highest BCUT2D eigenvalue weighted by molar-refractivity contribution is 6.33. The number of halogens is 1. The van der Waals surface area contributed by atoms with Crippen molar-refractivity contribution in [1.82, 2.24) is 20.1 Å². The Kier molecular flexibility index (Phi) is 4.47. The Bertz CT molecular complexity index is 680. The molecule has 6 nitrogen and oxygen atoms in total. The first-order valence-corrected chi connectivity index (χ1v) is 6.93. The van der Waals surface area contributed by atoms with Crippen LogP contribution in [0.5, 0.6) is 0 Å². The van der Waals surface area contributed by atoms with E-state index in [1.54, 1.807) is 23.9 Å². The zero-order chi connectivity index (χ0) is 15.6. The number of amides is 1. The van der Waals surface area contributed by atoms with E-state index in [4.69, 9.17) is 11.6 Å². The maximum Gasteiger partial charge on any atom is 0.271 e. The van der Waals surface area contributed by atoms with Crippen molar-refractivity contribution in [2.75, 3.05) is 12.4 Å². The smallest absolute Gasteiger partial charge is 0.271 e. The van der Waals surface area contributed by atoms with Crippen LogP contribution < -0.4 is 10.6 Å². The molecule has 2 heterocycles. The monoisotopic (exact) mass is 307 g/mol. The summed E-state index contributed by atoms with van der Waals surface area (Å²) in [5.41, 5.74) is 3.14. The van der Waals surface area contributed by atoms with Gasteiger partial charge in [-0.2, -0.15) is 5.10 Å². The van der Waals surface area contributed by atoms with Crippen LogP contribution in [-0.4, -0.2) is 27.7 Å². The van der Waals surface area contributed by atoms with Gasteiger partial charge in [-0.3, -0.25) is 9.48 Å². The predicted molar refractivity (Wildman–Crippen MR) is 82.6 cm³/mol. The molecule has 0 aromatic carbocycles. The summed E-state index contributed by atoms with van der Waals surface area (Å²) in [5, 5.41) is 10.4. The Morgan fingerprint density at radius 2 is 2.10 bits per heavy atom.